The van der Waals surface area contributed by atoms with Crippen LogP contribution < -0.4 is 10.6 Å². The maximum atomic E-state index is 5.08. The third-order valence-electron chi connectivity index (χ3n) is 1.43. The lowest BCUT2D eigenvalue weighted by Gasteiger charge is -2.17. The van der Waals surface area contributed by atoms with Crippen molar-refractivity contribution in [3.63, 3.8) is 0 Å². The summed E-state index contributed by atoms with van der Waals surface area (Å²) in [5.41, 5.74) is 0. The number of thiocarbonyl (C=S) groups is 2. The average molecular weight is 189 g/mol. The Hall–Kier alpha value is -0.420. The van der Waals surface area contributed by atoms with E-state index in [1.54, 1.807) is 0 Å². The van der Waals surface area contributed by atoms with Crippen molar-refractivity contribution >= 4 is 34.7 Å². The second-order valence-electron chi connectivity index (χ2n) is 2.22. The van der Waals surface area contributed by atoms with Crippen LogP contribution in [0.1, 0.15) is 6.92 Å². The Morgan fingerprint density at radius 3 is 3.00 bits per heavy atom. The molecule has 1 fully saturated rings. The molecule has 0 amide bonds. The molecule has 0 aromatic carbocycles. The Morgan fingerprint density at radius 1 is 1.82 bits per heavy atom. The molecule has 0 unspecified atom stereocenters. The van der Waals surface area contributed by atoms with Crippen LogP contribution >= 0.6 is 24.4 Å². The lowest BCUT2D eigenvalue weighted by Crippen LogP contribution is -2.41. The molecule has 0 spiro atoms. The van der Waals surface area contributed by atoms with Gasteiger partial charge in [0.1, 0.15) is 0 Å². The van der Waals surface area contributed by atoms with Crippen LogP contribution in [0.5, 0.6) is 0 Å². The van der Waals surface area contributed by atoms with Crippen molar-refractivity contribution < 1.29 is 0 Å². The summed E-state index contributed by atoms with van der Waals surface area (Å²) >= 11 is 10.1. The molecule has 0 radical (unpaired) electrons. The summed E-state index contributed by atoms with van der Waals surface area (Å²) in [6.07, 6.45) is 0. The van der Waals surface area contributed by atoms with Crippen LogP contribution in [0.25, 0.3) is 0 Å². The van der Waals surface area contributed by atoms with Crippen LogP contribution in [0.15, 0.2) is 0 Å². The summed E-state index contributed by atoms with van der Waals surface area (Å²) in [5, 5.41) is 7.54. The molecule has 0 aromatic rings. The first kappa shape index (κ1) is 8.67. The molecule has 2 N–H and O–H groups in total. The number of hydrogen-bond donors (Lipinski definition) is 2. The SMILES string of the molecule is CCNC(=S)N1CCNC1=S. The Bertz CT molecular complexity index is 181. The second-order valence-corrected chi connectivity index (χ2v) is 2.99. The van der Waals surface area contributed by atoms with Crippen LogP contribution in [-0.2, 0) is 0 Å². The minimum absolute atomic E-state index is 0.725. The third-order valence-corrected chi connectivity index (χ3v) is 2.16. The Labute approximate surface area is 77.1 Å². The molecule has 0 atom stereocenters. The number of hydrogen-bond acceptors (Lipinski definition) is 2. The average Bonchev–Trinajstić information content (AvgIpc) is 2.36. The van der Waals surface area contributed by atoms with E-state index in [2.05, 4.69) is 10.6 Å². The molecule has 1 rings (SSSR count). The molecule has 11 heavy (non-hydrogen) atoms. The molecule has 1 heterocycles. The third kappa shape index (κ3) is 2.00. The Morgan fingerprint density at radius 2 is 2.55 bits per heavy atom. The molecule has 0 saturated carbocycles. The molecular weight excluding hydrogens is 178 g/mol. The normalized spacial score (nSPS) is 16.5. The van der Waals surface area contributed by atoms with E-state index in [-0.39, 0.29) is 0 Å². The quantitative estimate of drug-likeness (QED) is 0.570. The lowest BCUT2D eigenvalue weighted by atomic mass is 10.6. The summed E-state index contributed by atoms with van der Waals surface area (Å²) in [5.74, 6) is 0. The standard InChI is InChI=1S/C6H11N3S2/c1-2-7-5(10)9-4-3-8-6(9)11/h2-4H2,1H3,(H,7,10)(H,8,11). The van der Waals surface area contributed by atoms with Crippen LogP contribution in [-0.4, -0.2) is 34.8 Å². The summed E-state index contributed by atoms with van der Waals surface area (Å²) in [4.78, 5) is 1.90. The molecule has 1 aliphatic rings. The van der Waals surface area contributed by atoms with Crippen LogP contribution in [0.2, 0.25) is 0 Å². The second kappa shape index (κ2) is 3.82. The number of nitrogens with zero attached hydrogens (tertiary/aromatic N) is 1. The van der Waals surface area contributed by atoms with Crippen LogP contribution in [0.4, 0.5) is 0 Å². The van der Waals surface area contributed by atoms with E-state index in [1.165, 1.54) is 0 Å². The summed E-state index contributed by atoms with van der Waals surface area (Å²) in [6.45, 7) is 4.63. The van der Waals surface area contributed by atoms with Crippen molar-refractivity contribution in [3.8, 4) is 0 Å². The van der Waals surface area contributed by atoms with Gasteiger partial charge in [-0.15, -0.1) is 0 Å². The van der Waals surface area contributed by atoms with Crippen molar-refractivity contribution in [2.75, 3.05) is 19.6 Å². The molecule has 0 aromatic heterocycles. The van der Waals surface area contributed by atoms with Crippen molar-refractivity contribution in [3.05, 3.63) is 0 Å². The van der Waals surface area contributed by atoms with Gasteiger partial charge in [0.05, 0.1) is 0 Å². The molecular formula is C6H11N3S2. The van der Waals surface area contributed by atoms with Gasteiger partial charge in [0.25, 0.3) is 0 Å². The molecule has 1 aliphatic heterocycles. The number of nitrogens with one attached hydrogen (secondary N) is 2. The maximum absolute atomic E-state index is 5.08. The van der Waals surface area contributed by atoms with Gasteiger partial charge < -0.3 is 10.6 Å². The molecule has 1 saturated heterocycles. The highest BCUT2D eigenvalue weighted by Crippen LogP contribution is 1.97. The molecule has 5 heteroatoms. The minimum atomic E-state index is 0.725. The van der Waals surface area contributed by atoms with Crippen molar-refractivity contribution in [2.24, 2.45) is 0 Å². The molecule has 3 nitrogen and oxygen atoms in total. The van der Waals surface area contributed by atoms with E-state index in [0.717, 1.165) is 29.9 Å². The fraction of sp³-hybridized carbons (Fsp3) is 0.667. The Kier molecular flexibility index (Phi) is 3.02. The minimum Gasteiger partial charge on any atom is -0.363 e. The highest BCUT2D eigenvalue weighted by Gasteiger charge is 2.18. The van der Waals surface area contributed by atoms with Gasteiger partial charge in [-0.3, -0.25) is 4.90 Å². The fourth-order valence-electron chi connectivity index (χ4n) is 0.912. The fourth-order valence-corrected chi connectivity index (χ4v) is 1.58. The van der Waals surface area contributed by atoms with Gasteiger partial charge in [-0.1, -0.05) is 0 Å². The van der Waals surface area contributed by atoms with E-state index >= 15 is 0 Å². The predicted octanol–water partition coefficient (Wildman–Crippen LogP) is 0.0709. The molecule has 0 aliphatic carbocycles. The zero-order valence-corrected chi connectivity index (χ0v) is 8.02. The van der Waals surface area contributed by atoms with Gasteiger partial charge in [0.15, 0.2) is 10.2 Å². The van der Waals surface area contributed by atoms with E-state index in [4.69, 9.17) is 24.4 Å². The van der Waals surface area contributed by atoms with Gasteiger partial charge in [0.2, 0.25) is 0 Å². The summed E-state index contributed by atoms with van der Waals surface area (Å²) in [6, 6.07) is 0. The topological polar surface area (TPSA) is 27.3 Å². The first-order valence-electron chi connectivity index (χ1n) is 3.59. The van der Waals surface area contributed by atoms with Crippen LogP contribution in [0, 0.1) is 0 Å². The van der Waals surface area contributed by atoms with Crippen molar-refractivity contribution in [1.82, 2.24) is 15.5 Å². The summed E-state index contributed by atoms with van der Waals surface area (Å²) < 4.78 is 0. The van der Waals surface area contributed by atoms with Crippen molar-refractivity contribution in [1.29, 1.82) is 0 Å². The maximum Gasteiger partial charge on any atom is 0.175 e. The van der Waals surface area contributed by atoms with Gasteiger partial charge in [-0.25, -0.2) is 0 Å². The Balaban J connectivity index is 2.46. The largest absolute Gasteiger partial charge is 0.363 e. The van der Waals surface area contributed by atoms with Crippen molar-refractivity contribution in [2.45, 2.75) is 6.92 Å². The highest BCUT2D eigenvalue weighted by atomic mass is 32.1. The van der Waals surface area contributed by atoms with Gasteiger partial charge in [-0.2, -0.15) is 0 Å². The number of rotatable bonds is 1. The zero-order chi connectivity index (χ0) is 8.27. The lowest BCUT2D eigenvalue weighted by molar-refractivity contribution is 0.661. The van der Waals surface area contributed by atoms with E-state index in [9.17, 15) is 0 Å². The predicted molar refractivity (Wildman–Crippen MR) is 53.6 cm³/mol. The van der Waals surface area contributed by atoms with E-state index < -0.39 is 0 Å². The smallest absolute Gasteiger partial charge is 0.175 e. The summed E-state index contributed by atoms with van der Waals surface area (Å²) in [7, 11) is 0. The van der Waals surface area contributed by atoms with Gasteiger partial charge >= 0.3 is 0 Å². The van der Waals surface area contributed by atoms with Crippen LogP contribution in [0.3, 0.4) is 0 Å². The van der Waals surface area contributed by atoms with Gasteiger partial charge in [0, 0.05) is 19.6 Å². The first-order valence-corrected chi connectivity index (χ1v) is 4.40. The monoisotopic (exact) mass is 189 g/mol. The van der Waals surface area contributed by atoms with E-state index in [0.29, 0.717) is 0 Å². The molecule has 62 valence electrons. The van der Waals surface area contributed by atoms with Gasteiger partial charge in [-0.05, 0) is 31.4 Å². The highest BCUT2D eigenvalue weighted by molar-refractivity contribution is 7.81. The van der Waals surface area contributed by atoms with E-state index in [1.807, 2.05) is 11.8 Å². The molecule has 0 bridgehead atoms. The first-order chi connectivity index (χ1) is 5.25. The zero-order valence-electron chi connectivity index (χ0n) is 6.39.